The van der Waals surface area contributed by atoms with Gasteiger partial charge in [0.2, 0.25) is 0 Å². The molecule has 1 amide bonds. The van der Waals surface area contributed by atoms with Gasteiger partial charge >= 0.3 is 0 Å². The van der Waals surface area contributed by atoms with Crippen LogP contribution in [-0.2, 0) is 13.8 Å². The fourth-order valence-corrected chi connectivity index (χ4v) is 4.09. The summed E-state index contributed by atoms with van der Waals surface area (Å²) in [5.74, 6) is -0.315. The van der Waals surface area contributed by atoms with Crippen molar-refractivity contribution in [2.24, 2.45) is 0 Å². The zero-order chi connectivity index (χ0) is 15.2. The summed E-state index contributed by atoms with van der Waals surface area (Å²) < 4.78 is 27.9. The quantitative estimate of drug-likeness (QED) is 0.583. The Kier molecular flexibility index (Phi) is 6.94. The van der Waals surface area contributed by atoms with Crippen LogP contribution in [-0.4, -0.2) is 34.1 Å². The largest absolute Gasteiger partial charge is 0.380 e. The molecular weight excluding hydrogens is 322 g/mol. The predicted molar refractivity (Wildman–Crippen MR) is 80.2 cm³/mol. The predicted octanol–water partition coefficient (Wildman–Crippen LogP) is 2.53. The van der Waals surface area contributed by atoms with E-state index in [1.807, 2.05) is 0 Å². The standard InChI is InChI=1S/C12H18ClNO4S2/c1-3-4-6-18-7-5-14-11(15)10-8-19-12(9(10)2)20(13,16)17/h8H,3-7H2,1-2H3,(H,14,15). The lowest BCUT2D eigenvalue weighted by molar-refractivity contribution is 0.0912. The van der Waals surface area contributed by atoms with Crippen LogP contribution >= 0.6 is 22.0 Å². The molecule has 0 aromatic carbocycles. The SMILES string of the molecule is CCCCOCCNC(=O)c1csc(S(=O)(=O)Cl)c1C. The summed E-state index contributed by atoms with van der Waals surface area (Å²) in [5, 5.41) is 4.18. The Labute approximate surface area is 127 Å². The molecule has 114 valence electrons. The summed E-state index contributed by atoms with van der Waals surface area (Å²) in [7, 11) is 1.49. The number of rotatable bonds is 8. The van der Waals surface area contributed by atoms with Gasteiger partial charge in [0.25, 0.3) is 15.0 Å². The Morgan fingerprint density at radius 3 is 2.70 bits per heavy atom. The van der Waals surface area contributed by atoms with E-state index in [4.69, 9.17) is 15.4 Å². The maximum atomic E-state index is 11.9. The minimum absolute atomic E-state index is 0.0171. The lowest BCUT2D eigenvalue weighted by Gasteiger charge is -2.06. The van der Waals surface area contributed by atoms with E-state index in [2.05, 4.69) is 12.2 Å². The first kappa shape index (κ1) is 17.4. The van der Waals surface area contributed by atoms with Crippen molar-refractivity contribution >= 4 is 37.0 Å². The highest BCUT2D eigenvalue weighted by molar-refractivity contribution is 8.15. The molecule has 1 rings (SSSR count). The minimum Gasteiger partial charge on any atom is -0.380 e. The molecule has 1 aromatic rings. The van der Waals surface area contributed by atoms with Gasteiger partial charge in [-0.1, -0.05) is 13.3 Å². The van der Waals surface area contributed by atoms with Crippen LogP contribution in [0.25, 0.3) is 0 Å². The van der Waals surface area contributed by atoms with Crippen LogP contribution < -0.4 is 5.32 Å². The first-order chi connectivity index (χ1) is 9.38. The van der Waals surface area contributed by atoms with Crippen LogP contribution in [0.15, 0.2) is 9.59 Å². The third kappa shape index (κ3) is 5.05. The summed E-state index contributed by atoms with van der Waals surface area (Å²) in [6, 6.07) is 0. The molecule has 5 nitrogen and oxygen atoms in total. The molecule has 0 aliphatic heterocycles. The molecule has 0 saturated heterocycles. The van der Waals surface area contributed by atoms with Crippen molar-refractivity contribution in [2.75, 3.05) is 19.8 Å². The van der Waals surface area contributed by atoms with E-state index in [0.717, 1.165) is 24.2 Å². The van der Waals surface area contributed by atoms with E-state index in [0.29, 0.717) is 30.9 Å². The number of nitrogens with one attached hydrogen (secondary N) is 1. The van der Waals surface area contributed by atoms with E-state index in [-0.39, 0.29) is 10.1 Å². The number of carbonyl (C=O) groups excluding carboxylic acids is 1. The number of hydrogen-bond acceptors (Lipinski definition) is 5. The summed E-state index contributed by atoms with van der Waals surface area (Å²) in [4.78, 5) is 11.9. The van der Waals surface area contributed by atoms with Crippen LogP contribution in [0.3, 0.4) is 0 Å². The van der Waals surface area contributed by atoms with Crippen molar-refractivity contribution in [3.63, 3.8) is 0 Å². The molecule has 1 aromatic heterocycles. The van der Waals surface area contributed by atoms with E-state index in [1.54, 1.807) is 6.92 Å². The topological polar surface area (TPSA) is 72.5 Å². The molecule has 0 atom stereocenters. The second-order valence-electron chi connectivity index (χ2n) is 4.22. The van der Waals surface area contributed by atoms with Gasteiger partial charge in [-0.25, -0.2) is 8.42 Å². The fourth-order valence-electron chi connectivity index (χ4n) is 1.54. The molecule has 0 fully saturated rings. The van der Waals surface area contributed by atoms with Gasteiger partial charge in [-0.15, -0.1) is 11.3 Å². The second-order valence-corrected chi connectivity index (χ2v) is 7.86. The Morgan fingerprint density at radius 2 is 2.15 bits per heavy atom. The molecular formula is C12H18ClNO4S2. The van der Waals surface area contributed by atoms with E-state index in [9.17, 15) is 13.2 Å². The number of carbonyl (C=O) groups is 1. The molecule has 1 N–H and O–H groups in total. The van der Waals surface area contributed by atoms with Gasteiger partial charge in [-0.3, -0.25) is 4.79 Å². The smallest absolute Gasteiger partial charge is 0.271 e. The lowest BCUT2D eigenvalue weighted by atomic mass is 10.2. The molecule has 0 unspecified atom stereocenters. The van der Waals surface area contributed by atoms with Crippen molar-refractivity contribution in [2.45, 2.75) is 30.9 Å². The van der Waals surface area contributed by atoms with Gasteiger partial charge in [0.1, 0.15) is 4.21 Å². The van der Waals surface area contributed by atoms with E-state index >= 15 is 0 Å². The molecule has 0 radical (unpaired) electrons. The molecule has 20 heavy (non-hydrogen) atoms. The van der Waals surface area contributed by atoms with Crippen molar-refractivity contribution in [3.05, 3.63) is 16.5 Å². The molecule has 0 aliphatic rings. The fraction of sp³-hybridized carbons (Fsp3) is 0.583. The summed E-state index contributed by atoms with van der Waals surface area (Å²) in [5.41, 5.74) is 0.720. The van der Waals surface area contributed by atoms with Gasteiger partial charge in [0, 0.05) is 29.2 Å². The molecule has 1 heterocycles. The number of ether oxygens (including phenoxy) is 1. The van der Waals surface area contributed by atoms with Crippen molar-refractivity contribution in [1.29, 1.82) is 0 Å². The Hall–Kier alpha value is -0.630. The van der Waals surface area contributed by atoms with Gasteiger partial charge < -0.3 is 10.1 Å². The third-order valence-corrected chi connectivity index (χ3v) is 5.94. The number of halogens is 1. The molecule has 0 spiro atoms. The normalized spacial score (nSPS) is 11.6. The number of thiophene rings is 1. The minimum atomic E-state index is -3.80. The molecule has 0 saturated carbocycles. The molecule has 8 heteroatoms. The first-order valence-corrected chi connectivity index (χ1v) is 9.45. The average molecular weight is 340 g/mol. The maximum absolute atomic E-state index is 11.9. The Balaban J connectivity index is 2.51. The van der Waals surface area contributed by atoms with Crippen LogP contribution in [0.4, 0.5) is 0 Å². The van der Waals surface area contributed by atoms with Gasteiger partial charge in [0.15, 0.2) is 0 Å². The van der Waals surface area contributed by atoms with Gasteiger partial charge in [-0.05, 0) is 18.9 Å². The zero-order valence-corrected chi connectivity index (χ0v) is 13.8. The van der Waals surface area contributed by atoms with Gasteiger partial charge in [0.05, 0.1) is 12.2 Å². The third-order valence-electron chi connectivity index (χ3n) is 2.63. The number of hydrogen-bond donors (Lipinski definition) is 1. The van der Waals surface area contributed by atoms with Crippen molar-refractivity contribution in [1.82, 2.24) is 5.32 Å². The highest BCUT2D eigenvalue weighted by atomic mass is 35.7. The summed E-state index contributed by atoms with van der Waals surface area (Å²) >= 11 is 0.950. The van der Waals surface area contributed by atoms with Crippen LogP contribution in [0.5, 0.6) is 0 Å². The Bertz CT molecular complexity index is 554. The van der Waals surface area contributed by atoms with E-state index in [1.165, 1.54) is 5.38 Å². The average Bonchev–Trinajstić information content (AvgIpc) is 2.75. The van der Waals surface area contributed by atoms with Crippen molar-refractivity contribution < 1.29 is 17.9 Å². The number of amides is 1. The Morgan fingerprint density at radius 1 is 1.45 bits per heavy atom. The van der Waals surface area contributed by atoms with E-state index < -0.39 is 9.05 Å². The zero-order valence-electron chi connectivity index (χ0n) is 11.4. The first-order valence-electron chi connectivity index (χ1n) is 6.26. The summed E-state index contributed by atoms with van der Waals surface area (Å²) in [6.45, 7) is 5.15. The van der Waals surface area contributed by atoms with Crippen molar-refractivity contribution in [3.8, 4) is 0 Å². The maximum Gasteiger partial charge on any atom is 0.271 e. The lowest BCUT2D eigenvalue weighted by Crippen LogP contribution is -2.27. The van der Waals surface area contributed by atoms with Crippen LogP contribution in [0.1, 0.15) is 35.7 Å². The second kappa shape index (κ2) is 7.97. The summed E-state index contributed by atoms with van der Waals surface area (Å²) in [6.07, 6.45) is 2.06. The van der Waals surface area contributed by atoms with Crippen LogP contribution in [0.2, 0.25) is 0 Å². The monoisotopic (exact) mass is 339 g/mol. The highest BCUT2D eigenvalue weighted by Gasteiger charge is 2.21. The number of unbranched alkanes of at least 4 members (excludes halogenated alkanes) is 1. The highest BCUT2D eigenvalue weighted by Crippen LogP contribution is 2.29. The molecule has 0 aliphatic carbocycles. The van der Waals surface area contributed by atoms with Gasteiger partial charge in [-0.2, -0.15) is 0 Å². The molecule has 0 bridgehead atoms. The van der Waals surface area contributed by atoms with Crippen LogP contribution in [0, 0.1) is 6.92 Å².